The van der Waals surface area contributed by atoms with Gasteiger partial charge in [0.2, 0.25) is 0 Å². The molecule has 0 bridgehead atoms. The second-order valence-electron chi connectivity index (χ2n) is 10.6. The van der Waals surface area contributed by atoms with Crippen LogP contribution in [-0.2, 0) is 36.0 Å². The van der Waals surface area contributed by atoms with Crippen LogP contribution in [0.25, 0.3) is 0 Å². The number of fused-ring (bicyclic) bond motifs is 1. The van der Waals surface area contributed by atoms with E-state index in [1.54, 1.807) is 0 Å². The maximum absolute atomic E-state index is 13.7. The molecule has 0 spiro atoms. The minimum atomic E-state index is -1.95. The highest BCUT2D eigenvalue weighted by Crippen LogP contribution is 2.58. The average Bonchev–Trinajstić information content (AvgIpc) is 3.22. The van der Waals surface area contributed by atoms with Crippen molar-refractivity contribution in [1.29, 1.82) is 0 Å². The number of carbonyl (C=O) groups excluding carboxylic acids is 1. The summed E-state index contributed by atoms with van der Waals surface area (Å²) in [5.74, 6) is -2.16. The minimum Gasteiger partial charge on any atom is -0.507 e. The molecule has 0 saturated heterocycles. The van der Waals surface area contributed by atoms with Gasteiger partial charge >= 0.3 is 11.9 Å². The molecule has 1 aliphatic rings. The lowest BCUT2D eigenvalue weighted by Gasteiger charge is -2.36. The zero-order valence-electron chi connectivity index (χ0n) is 23.9. The molecular formula is C33H36Br2O6. The SMILES string of the molecule is CCCc1cc(CCC)c(Br)c(C2(c3c(O)c(CCC)cc(CCC)c3Br)OC(=O)c3cccc(C(=O)O)c32)c1O. The van der Waals surface area contributed by atoms with Gasteiger partial charge in [-0.1, -0.05) is 71.6 Å². The van der Waals surface area contributed by atoms with Crippen LogP contribution in [0.3, 0.4) is 0 Å². The first-order valence-electron chi connectivity index (χ1n) is 14.3. The van der Waals surface area contributed by atoms with Crippen LogP contribution in [0.1, 0.15) is 113 Å². The van der Waals surface area contributed by atoms with Gasteiger partial charge in [0.1, 0.15) is 11.5 Å². The third-order valence-electron chi connectivity index (χ3n) is 7.68. The summed E-state index contributed by atoms with van der Waals surface area (Å²) in [6, 6.07) is 8.38. The summed E-state index contributed by atoms with van der Waals surface area (Å²) in [5.41, 5.74) is 1.66. The van der Waals surface area contributed by atoms with Crippen molar-refractivity contribution in [2.45, 2.75) is 84.7 Å². The summed E-state index contributed by atoms with van der Waals surface area (Å²) in [7, 11) is 0. The lowest BCUT2D eigenvalue weighted by atomic mass is 9.74. The quantitative estimate of drug-likeness (QED) is 0.175. The Hall–Kier alpha value is -2.84. The second-order valence-corrected chi connectivity index (χ2v) is 12.2. The number of aromatic carboxylic acids is 1. The fourth-order valence-corrected chi connectivity index (χ4v) is 7.56. The van der Waals surface area contributed by atoms with Crippen LogP contribution in [0.2, 0.25) is 0 Å². The number of esters is 1. The number of ether oxygens (including phenoxy) is 1. The molecule has 1 heterocycles. The largest absolute Gasteiger partial charge is 0.507 e. The molecule has 218 valence electrons. The number of rotatable bonds is 11. The smallest absolute Gasteiger partial charge is 0.340 e. The Kier molecular flexibility index (Phi) is 9.54. The Morgan fingerprint density at radius 1 is 0.756 bits per heavy atom. The maximum Gasteiger partial charge on any atom is 0.340 e. The summed E-state index contributed by atoms with van der Waals surface area (Å²) >= 11 is 7.49. The van der Waals surface area contributed by atoms with Gasteiger partial charge < -0.3 is 20.1 Å². The molecule has 1 aliphatic heterocycles. The van der Waals surface area contributed by atoms with Gasteiger partial charge in [-0.3, -0.25) is 0 Å². The Morgan fingerprint density at radius 3 is 1.61 bits per heavy atom. The van der Waals surface area contributed by atoms with Crippen molar-refractivity contribution in [3.8, 4) is 11.5 Å². The fourth-order valence-electron chi connectivity index (χ4n) is 6.00. The molecule has 0 aromatic heterocycles. The Morgan fingerprint density at radius 2 is 1.20 bits per heavy atom. The average molecular weight is 688 g/mol. The van der Waals surface area contributed by atoms with Crippen LogP contribution in [0.5, 0.6) is 11.5 Å². The molecule has 6 nitrogen and oxygen atoms in total. The summed E-state index contributed by atoms with van der Waals surface area (Å²) in [6.07, 6.45) is 5.61. The molecule has 0 amide bonds. The van der Waals surface area contributed by atoms with Crippen molar-refractivity contribution >= 4 is 43.8 Å². The highest BCUT2D eigenvalue weighted by molar-refractivity contribution is 9.11. The number of phenols is 2. The van der Waals surface area contributed by atoms with E-state index in [0.717, 1.165) is 36.8 Å². The first kappa shape index (κ1) is 31.1. The fraction of sp³-hybridized carbons (Fsp3) is 0.394. The molecule has 0 aliphatic carbocycles. The van der Waals surface area contributed by atoms with Crippen LogP contribution in [0, 0.1) is 0 Å². The molecule has 3 aromatic rings. The van der Waals surface area contributed by atoms with Crippen LogP contribution in [0.15, 0.2) is 39.3 Å². The molecule has 4 rings (SSSR count). The van der Waals surface area contributed by atoms with Gasteiger partial charge in [-0.15, -0.1) is 0 Å². The van der Waals surface area contributed by atoms with E-state index in [4.69, 9.17) is 4.74 Å². The number of benzene rings is 3. The number of carboxylic acid groups (broad SMARTS) is 1. The van der Waals surface area contributed by atoms with E-state index in [9.17, 15) is 24.9 Å². The van der Waals surface area contributed by atoms with E-state index in [2.05, 4.69) is 45.7 Å². The number of halogens is 2. The van der Waals surface area contributed by atoms with Gasteiger partial charge in [-0.2, -0.15) is 0 Å². The molecule has 3 N–H and O–H groups in total. The number of carboxylic acids is 1. The van der Waals surface area contributed by atoms with Crippen LogP contribution >= 0.6 is 31.9 Å². The lowest BCUT2D eigenvalue weighted by Crippen LogP contribution is -2.33. The van der Waals surface area contributed by atoms with Gasteiger partial charge in [-0.25, -0.2) is 9.59 Å². The van der Waals surface area contributed by atoms with Crippen molar-refractivity contribution in [2.75, 3.05) is 0 Å². The van der Waals surface area contributed by atoms with Gasteiger partial charge in [0.15, 0.2) is 5.60 Å². The monoisotopic (exact) mass is 686 g/mol. The van der Waals surface area contributed by atoms with Crippen molar-refractivity contribution in [3.63, 3.8) is 0 Å². The number of hydrogen-bond donors (Lipinski definition) is 3. The molecular weight excluding hydrogens is 652 g/mol. The predicted octanol–water partition coefficient (Wildman–Crippen LogP) is 8.59. The molecule has 0 unspecified atom stereocenters. The van der Waals surface area contributed by atoms with Crippen molar-refractivity contribution in [1.82, 2.24) is 0 Å². The molecule has 0 atom stereocenters. The number of carbonyl (C=O) groups is 2. The van der Waals surface area contributed by atoms with Gasteiger partial charge in [0.05, 0.1) is 22.3 Å². The number of aryl methyl sites for hydroxylation is 4. The Bertz CT molecular complexity index is 1380. The third kappa shape index (κ3) is 5.18. The summed E-state index contributed by atoms with van der Waals surface area (Å²) in [5, 5.41) is 34.3. The minimum absolute atomic E-state index is 0.0818. The van der Waals surface area contributed by atoms with Gasteiger partial charge in [-0.05, 0) is 91.9 Å². The standard InChI is InChI=1S/C33H36Br2O6/c1-5-10-18-16-20(12-7-3)29(36)25(27(18)34)33(24-22(31(38)39)14-9-15-23(24)32(40)41-33)26-28(35)19(11-6-2)17-21(13-8-4)30(26)37/h9,14-17,36-37H,5-8,10-13H2,1-4H3,(H,38,39). The topological polar surface area (TPSA) is 104 Å². The zero-order chi connectivity index (χ0) is 30.1. The van der Waals surface area contributed by atoms with Crippen LogP contribution in [-0.4, -0.2) is 27.3 Å². The van der Waals surface area contributed by atoms with Gasteiger partial charge in [0.25, 0.3) is 0 Å². The summed E-state index contributed by atoms with van der Waals surface area (Å²) in [4.78, 5) is 26.4. The van der Waals surface area contributed by atoms with Crippen LogP contribution in [0.4, 0.5) is 0 Å². The maximum atomic E-state index is 13.7. The number of hydrogen-bond acceptors (Lipinski definition) is 5. The lowest BCUT2D eigenvalue weighted by molar-refractivity contribution is 0.0228. The first-order chi connectivity index (χ1) is 19.6. The first-order valence-corrected chi connectivity index (χ1v) is 15.8. The second kappa shape index (κ2) is 12.6. The molecule has 41 heavy (non-hydrogen) atoms. The van der Waals surface area contributed by atoms with E-state index in [0.29, 0.717) is 45.8 Å². The number of cyclic esters (lactones) is 1. The van der Waals surface area contributed by atoms with Gasteiger partial charge in [0, 0.05) is 14.5 Å². The van der Waals surface area contributed by atoms with Crippen molar-refractivity contribution in [3.05, 3.63) is 89.3 Å². The van der Waals surface area contributed by atoms with E-state index in [-0.39, 0.29) is 39.3 Å². The highest BCUT2D eigenvalue weighted by atomic mass is 79.9. The van der Waals surface area contributed by atoms with E-state index in [1.165, 1.54) is 18.2 Å². The molecule has 0 fully saturated rings. The molecule has 0 radical (unpaired) electrons. The Labute approximate surface area is 258 Å². The number of phenolic OH excluding ortho intramolecular Hbond substituents is 2. The molecule has 8 heteroatoms. The van der Waals surface area contributed by atoms with E-state index < -0.39 is 17.5 Å². The highest BCUT2D eigenvalue weighted by Gasteiger charge is 2.56. The third-order valence-corrected chi connectivity index (χ3v) is 9.49. The van der Waals surface area contributed by atoms with E-state index in [1.807, 2.05) is 26.0 Å². The predicted molar refractivity (Wildman–Crippen MR) is 166 cm³/mol. The van der Waals surface area contributed by atoms with Crippen molar-refractivity contribution < 1.29 is 29.6 Å². The summed E-state index contributed by atoms with van der Waals surface area (Å²) < 4.78 is 7.39. The Balaban J connectivity index is 2.33. The van der Waals surface area contributed by atoms with E-state index >= 15 is 0 Å². The zero-order valence-corrected chi connectivity index (χ0v) is 27.0. The molecule has 0 saturated carbocycles. The summed E-state index contributed by atoms with van der Waals surface area (Å²) in [6.45, 7) is 8.12. The van der Waals surface area contributed by atoms with Crippen molar-refractivity contribution in [2.24, 2.45) is 0 Å². The normalized spacial score (nSPS) is 13.8. The van der Waals surface area contributed by atoms with Crippen LogP contribution < -0.4 is 0 Å². The number of aromatic hydroxyl groups is 2. The molecule has 3 aromatic carbocycles.